The average molecular weight is 417 g/mol. The van der Waals surface area contributed by atoms with Crippen LogP contribution in [0.1, 0.15) is 0 Å². The predicted octanol–water partition coefficient (Wildman–Crippen LogP) is 4.48. The first-order valence-electron chi connectivity index (χ1n) is 9.32. The van der Waals surface area contributed by atoms with E-state index in [4.69, 9.17) is 14.2 Å². The number of nitrogens with zero attached hydrogens (tertiary/aromatic N) is 3. The quantitative estimate of drug-likeness (QED) is 0.476. The van der Waals surface area contributed by atoms with Crippen molar-refractivity contribution >= 4 is 28.4 Å². The molecule has 0 saturated carbocycles. The third-order valence-corrected chi connectivity index (χ3v) is 4.29. The summed E-state index contributed by atoms with van der Waals surface area (Å²) in [6.45, 7) is 0. The van der Waals surface area contributed by atoms with E-state index in [-0.39, 0.29) is 18.0 Å². The molecule has 0 atom stereocenters. The van der Waals surface area contributed by atoms with Crippen LogP contribution in [0.2, 0.25) is 0 Å². The number of fused-ring (bicyclic) bond motifs is 1. The van der Waals surface area contributed by atoms with Crippen molar-refractivity contribution in [3.05, 3.63) is 66.7 Å². The van der Waals surface area contributed by atoms with Crippen LogP contribution in [0.3, 0.4) is 0 Å². The number of aromatic nitrogens is 3. The van der Waals surface area contributed by atoms with Gasteiger partial charge < -0.3 is 19.5 Å². The van der Waals surface area contributed by atoms with Gasteiger partial charge in [0.25, 0.3) is 0 Å². The standard InChI is InChI=1S/C22H19N5O4/c1-29-18-10-6-5-9-17(18)23-20(28)24-19-25-21(30-2)27-22(26-19)31-16-12-11-14-7-3-4-8-15(14)13-16/h3-13H,1-2H3,(H2,23,24,25,26,27,28). The molecular weight excluding hydrogens is 398 g/mol. The fourth-order valence-corrected chi connectivity index (χ4v) is 2.87. The van der Waals surface area contributed by atoms with E-state index < -0.39 is 6.03 Å². The van der Waals surface area contributed by atoms with Gasteiger partial charge in [-0.2, -0.15) is 9.97 Å². The molecule has 0 unspecified atom stereocenters. The lowest BCUT2D eigenvalue weighted by Crippen LogP contribution is -2.21. The van der Waals surface area contributed by atoms with E-state index in [0.717, 1.165) is 10.8 Å². The van der Waals surface area contributed by atoms with E-state index in [1.165, 1.54) is 14.2 Å². The third-order valence-electron chi connectivity index (χ3n) is 4.29. The molecule has 1 aromatic heterocycles. The number of rotatable bonds is 6. The van der Waals surface area contributed by atoms with Crippen molar-refractivity contribution in [2.45, 2.75) is 0 Å². The molecule has 0 aliphatic carbocycles. The SMILES string of the molecule is COc1nc(NC(=O)Nc2ccccc2OC)nc(Oc2ccc3ccccc3c2)n1. The van der Waals surface area contributed by atoms with Gasteiger partial charge in [-0.25, -0.2) is 4.79 Å². The fourth-order valence-electron chi connectivity index (χ4n) is 2.87. The second kappa shape index (κ2) is 8.95. The van der Waals surface area contributed by atoms with Crippen LogP contribution in [0, 0.1) is 0 Å². The summed E-state index contributed by atoms with van der Waals surface area (Å²) in [5.41, 5.74) is 0.496. The van der Waals surface area contributed by atoms with Gasteiger partial charge in [-0.3, -0.25) is 5.32 Å². The Kier molecular flexibility index (Phi) is 5.75. The Morgan fingerprint density at radius 2 is 1.52 bits per heavy atom. The molecule has 0 radical (unpaired) electrons. The average Bonchev–Trinajstić information content (AvgIpc) is 2.79. The summed E-state index contributed by atoms with van der Waals surface area (Å²) in [6.07, 6.45) is 0. The number of carbonyl (C=O) groups is 1. The molecule has 9 nitrogen and oxygen atoms in total. The molecule has 2 amide bonds. The maximum atomic E-state index is 12.4. The molecule has 2 N–H and O–H groups in total. The molecular formula is C22H19N5O4. The third kappa shape index (κ3) is 4.78. The molecule has 0 saturated heterocycles. The van der Waals surface area contributed by atoms with Crippen LogP contribution < -0.4 is 24.8 Å². The van der Waals surface area contributed by atoms with Crippen molar-refractivity contribution in [3.8, 4) is 23.5 Å². The first kappa shape index (κ1) is 19.9. The highest BCUT2D eigenvalue weighted by atomic mass is 16.5. The number of hydrogen-bond donors (Lipinski definition) is 2. The minimum Gasteiger partial charge on any atom is -0.495 e. The Bertz CT molecular complexity index is 1230. The maximum Gasteiger partial charge on any atom is 0.330 e. The maximum absolute atomic E-state index is 12.4. The molecule has 4 rings (SSSR count). The molecule has 0 fully saturated rings. The van der Waals surface area contributed by atoms with Crippen molar-refractivity contribution in [1.29, 1.82) is 0 Å². The number of nitrogens with one attached hydrogen (secondary N) is 2. The van der Waals surface area contributed by atoms with Gasteiger partial charge >= 0.3 is 18.1 Å². The highest BCUT2D eigenvalue weighted by Gasteiger charge is 2.13. The van der Waals surface area contributed by atoms with Crippen LogP contribution >= 0.6 is 0 Å². The Morgan fingerprint density at radius 1 is 0.774 bits per heavy atom. The number of hydrogen-bond acceptors (Lipinski definition) is 7. The molecule has 9 heteroatoms. The molecule has 0 aliphatic heterocycles. The number of amides is 2. The summed E-state index contributed by atoms with van der Waals surface area (Å²) < 4.78 is 16.1. The van der Waals surface area contributed by atoms with Gasteiger partial charge in [-0.15, -0.1) is 4.98 Å². The largest absolute Gasteiger partial charge is 0.495 e. The Hall–Kier alpha value is -4.40. The predicted molar refractivity (Wildman–Crippen MR) is 116 cm³/mol. The number of para-hydroxylation sites is 2. The van der Waals surface area contributed by atoms with Crippen LogP contribution in [0.4, 0.5) is 16.4 Å². The van der Waals surface area contributed by atoms with Crippen LogP contribution in [-0.4, -0.2) is 35.2 Å². The smallest absolute Gasteiger partial charge is 0.330 e. The van der Waals surface area contributed by atoms with E-state index in [1.54, 1.807) is 30.3 Å². The Labute approximate surface area is 178 Å². The number of anilines is 2. The monoisotopic (exact) mass is 417 g/mol. The lowest BCUT2D eigenvalue weighted by molar-refractivity contribution is 0.261. The topological polar surface area (TPSA) is 107 Å². The number of benzene rings is 3. The van der Waals surface area contributed by atoms with Gasteiger partial charge in [-0.05, 0) is 35.0 Å². The van der Waals surface area contributed by atoms with Crippen molar-refractivity contribution in [2.75, 3.05) is 24.9 Å². The van der Waals surface area contributed by atoms with Gasteiger partial charge in [-0.1, -0.05) is 42.5 Å². The van der Waals surface area contributed by atoms with Gasteiger partial charge in [0.1, 0.15) is 11.5 Å². The second-order valence-corrected chi connectivity index (χ2v) is 6.32. The zero-order valence-electron chi connectivity index (χ0n) is 16.8. The van der Waals surface area contributed by atoms with Crippen LogP contribution in [0.5, 0.6) is 23.5 Å². The summed E-state index contributed by atoms with van der Waals surface area (Å²) in [5.74, 6) is 1.03. The second-order valence-electron chi connectivity index (χ2n) is 6.32. The highest BCUT2D eigenvalue weighted by molar-refractivity contribution is 5.99. The zero-order chi connectivity index (χ0) is 21.6. The minimum atomic E-state index is -0.561. The minimum absolute atomic E-state index is 0.00150. The summed E-state index contributed by atoms with van der Waals surface area (Å²) in [7, 11) is 2.93. The summed E-state index contributed by atoms with van der Waals surface area (Å²) in [6, 6.07) is 19.9. The lowest BCUT2D eigenvalue weighted by atomic mass is 10.1. The molecule has 0 aliphatic rings. The molecule has 3 aromatic carbocycles. The Morgan fingerprint density at radius 3 is 2.32 bits per heavy atom. The van der Waals surface area contributed by atoms with E-state index in [9.17, 15) is 4.79 Å². The molecule has 0 bridgehead atoms. The molecule has 0 spiro atoms. The molecule has 1 heterocycles. The van der Waals surface area contributed by atoms with Crippen molar-refractivity contribution in [3.63, 3.8) is 0 Å². The summed E-state index contributed by atoms with van der Waals surface area (Å²) in [5, 5.41) is 7.32. The van der Waals surface area contributed by atoms with Gasteiger partial charge in [0, 0.05) is 0 Å². The first-order valence-corrected chi connectivity index (χ1v) is 9.32. The zero-order valence-corrected chi connectivity index (χ0v) is 16.8. The number of methoxy groups -OCH3 is 2. The lowest BCUT2D eigenvalue weighted by Gasteiger charge is -2.11. The first-order chi connectivity index (χ1) is 15.1. The number of urea groups is 1. The molecule has 4 aromatic rings. The van der Waals surface area contributed by atoms with Crippen molar-refractivity contribution < 1.29 is 19.0 Å². The Balaban J connectivity index is 1.53. The van der Waals surface area contributed by atoms with Crippen LogP contribution in [0.15, 0.2) is 66.7 Å². The van der Waals surface area contributed by atoms with Gasteiger partial charge in [0.2, 0.25) is 5.95 Å². The van der Waals surface area contributed by atoms with E-state index in [2.05, 4.69) is 25.6 Å². The van der Waals surface area contributed by atoms with Gasteiger partial charge in [0.15, 0.2) is 0 Å². The van der Waals surface area contributed by atoms with Crippen LogP contribution in [-0.2, 0) is 0 Å². The fraction of sp³-hybridized carbons (Fsp3) is 0.0909. The normalized spacial score (nSPS) is 10.4. The number of carbonyl (C=O) groups excluding carboxylic acids is 1. The van der Waals surface area contributed by atoms with E-state index in [0.29, 0.717) is 17.2 Å². The summed E-state index contributed by atoms with van der Waals surface area (Å²) >= 11 is 0. The van der Waals surface area contributed by atoms with E-state index >= 15 is 0 Å². The number of ether oxygens (including phenoxy) is 3. The van der Waals surface area contributed by atoms with Gasteiger partial charge in [0.05, 0.1) is 19.9 Å². The van der Waals surface area contributed by atoms with Crippen molar-refractivity contribution in [1.82, 2.24) is 15.0 Å². The van der Waals surface area contributed by atoms with Crippen LogP contribution in [0.25, 0.3) is 10.8 Å². The molecule has 156 valence electrons. The van der Waals surface area contributed by atoms with Crippen molar-refractivity contribution in [2.24, 2.45) is 0 Å². The van der Waals surface area contributed by atoms with E-state index in [1.807, 2.05) is 36.4 Å². The summed E-state index contributed by atoms with van der Waals surface area (Å²) in [4.78, 5) is 24.7. The molecule has 31 heavy (non-hydrogen) atoms. The highest BCUT2D eigenvalue weighted by Crippen LogP contribution is 2.26.